The van der Waals surface area contributed by atoms with Gasteiger partial charge in [-0.2, -0.15) is 5.10 Å². The van der Waals surface area contributed by atoms with Crippen molar-refractivity contribution in [2.24, 2.45) is 7.05 Å². The van der Waals surface area contributed by atoms with Crippen LogP contribution in [0.3, 0.4) is 0 Å². The summed E-state index contributed by atoms with van der Waals surface area (Å²) in [6.45, 7) is 4.76. The molecule has 3 aromatic rings. The first kappa shape index (κ1) is 17.3. The molecule has 3 aromatic heterocycles. The Morgan fingerprint density at radius 2 is 2.07 bits per heavy atom. The Morgan fingerprint density at radius 3 is 2.81 bits per heavy atom. The van der Waals surface area contributed by atoms with Gasteiger partial charge in [0.1, 0.15) is 0 Å². The number of hydrogen-bond acceptors (Lipinski definition) is 6. The van der Waals surface area contributed by atoms with Gasteiger partial charge in [-0.1, -0.05) is 0 Å². The van der Waals surface area contributed by atoms with Gasteiger partial charge in [-0.05, 0) is 31.5 Å². The molecule has 0 unspecified atom stereocenters. The quantitative estimate of drug-likeness (QED) is 0.706. The molecule has 27 heavy (non-hydrogen) atoms. The maximum absolute atomic E-state index is 12.5. The van der Waals surface area contributed by atoms with Gasteiger partial charge in [-0.25, -0.2) is 9.97 Å². The third-order valence-electron chi connectivity index (χ3n) is 4.73. The average molecular weight is 366 g/mol. The molecular weight excluding hydrogens is 344 g/mol. The fourth-order valence-electron chi connectivity index (χ4n) is 3.38. The number of anilines is 1. The summed E-state index contributed by atoms with van der Waals surface area (Å²) in [6, 6.07) is 5.34. The normalized spacial score (nSPS) is 15.0. The molecule has 1 fully saturated rings. The summed E-state index contributed by atoms with van der Waals surface area (Å²) in [6.07, 6.45) is 6.12. The van der Waals surface area contributed by atoms with Gasteiger partial charge >= 0.3 is 0 Å². The van der Waals surface area contributed by atoms with E-state index in [9.17, 15) is 4.79 Å². The van der Waals surface area contributed by atoms with Crippen molar-refractivity contribution in [3.05, 3.63) is 48.3 Å². The van der Waals surface area contributed by atoms with Crippen LogP contribution in [-0.4, -0.2) is 56.7 Å². The van der Waals surface area contributed by atoms with Crippen molar-refractivity contribution in [1.29, 1.82) is 0 Å². The van der Waals surface area contributed by atoms with E-state index in [0.29, 0.717) is 31.3 Å². The zero-order chi connectivity index (χ0) is 18.8. The van der Waals surface area contributed by atoms with Gasteiger partial charge in [0.25, 0.3) is 5.91 Å². The van der Waals surface area contributed by atoms with Crippen molar-refractivity contribution in [2.75, 3.05) is 31.1 Å². The molecule has 0 saturated carbocycles. The van der Waals surface area contributed by atoms with Crippen molar-refractivity contribution >= 4 is 11.9 Å². The number of hydrogen-bond donors (Lipinski definition) is 0. The highest BCUT2D eigenvalue weighted by Crippen LogP contribution is 2.22. The molecular formula is C19H22N6O2. The number of carbonyl (C=O) groups excluding carboxylic acids is 1. The summed E-state index contributed by atoms with van der Waals surface area (Å²) in [5.74, 6) is 0.999. The Labute approximate surface area is 157 Å². The zero-order valence-electron chi connectivity index (χ0n) is 15.5. The number of aromatic nitrogens is 4. The number of amides is 1. The molecule has 1 amide bonds. The van der Waals surface area contributed by atoms with Crippen molar-refractivity contribution in [2.45, 2.75) is 13.3 Å². The summed E-state index contributed by atoms with van der Waals surface area (Å²) < 4.78 is 7.03. The molecule has 4 rings (SSSR count). The van der Waals surface area contributed by atoms with Crippen LogP contribution in [0, 0.1) is 6.92 Å². The van der Waals surface area contributed by atoms with Crippen LogP contribution in [0.2, 0.25) is 0 Å². The molecule has 1 aliphatic heterocycles. The molecule has 0 aromatic carbocycles. The van der Waals surface area contributed by atoms with E-state index in [1.807, 2.05) is 31.1 Å². The fourth-order valence-corrected chi connectivity index (χ4v) is 3.38. The highest BCUT2D eigenvalue weighted by molar-refractivity contribution is 5.91. The standard InChI is InChI=1S/C19H22N6O2/c1-14-15(13-23(2)22-14)16-6-7-20-19(21-16)25-9-4-8-24(10-11-25)18(26)17-5-3-12-27-17/h3,5-7,12-13H,4,8-11H2,1-2H3. The van der Waals surface area contributed by atoms with Crippen LogP contribution < -0.4 is 4.90 Å². The molecule has 0 atom stereocenters. The van der Waals surface area contributed by atoms with Crippen LogP contribution in [0.5, 0.6) is 0 Å². The molecule has 0 bridgehead atoms. The maximum Gasteiger partial charge on any atom is 0.289 e. The summed E-state index contributed by atoms with van der Waals surface area (Å²) in [5, 5.41) is 4.39. The van der Waals surface area contributed by atoms with E-state index in [1.54, 1.807) is 23.0 Å². The highest BCUT2D eigenvalue weighted by Gasteiger charge is 2.23. The van der Waals surface area contributed by atoms with Gasteiger partial charge < -0.3 is 14.2 Å². The van der Waals surface area contributed by atoms with E-state index >= 15 is 0 Å². The molecule has 0 aliphatic carbocycles. The van der Waals surface area contributed by atoms with E-state index in [0.717, 1.165) is 29.9 Å². The van der Waals surface area contributed by atoms with E-state index < -0.39 is 0 Å². The highest BCUT2D eigenvalue weighted by atomic mass is 16.3. The average Bonchev–Trinajstić information content (AvgIpc) is 3.24. The molecule has 140 valence electrons. The molecule has 8 heteroatoms. The first-order chi connectivity index (χ1) is 13.1. The topological polar surface area (TPSA) is 80.3 Å². The summed E-state index contributed by atoms with van der Waals surface area (Å²) in [4.78, 5) is 25.7. The first-order valence-electron chi connectivity index (χ1n) is 9.03. The van der Waals surface area contributed by atoms with Crippen LogP contribution in [-0.2, 0) is 7.05 Å². The summed E-state index contributed by atoms with van der Waals surface area (Å²) in [7, 11) is 1.90. The SMILES string of the molecule is Cc1nn(C)cc1-c1ccnc(N2CCCN(C(=O)c3ccco3)CC2)n1. The molecule has 0 N–H and O–H groups in total. The van der Waals surface area contributed by atoms with Crippen LogP contribution in [0.1, 0.15) is 22.7 Å². The van der Waals surface area contributed by atoms with Crippen LogP contribution in [0.25, 0.3) is 11.3 Å². The number of carbonyl (C=O) groups is 1. The van der Waals surface area contributed by atoms with E-state index in [4.69, 9.17) is 9.40 Å². The summed E-state index contributed by atoms with van der Waals surface area (Å²) in [5.41, 5.74) is 2.80. The molecule has 1 aliphatic rings. The third-order valence-corrected chi connectivity index (χ3v) is 4.73. The smallest absolute Gasteiger partial charge is 0.289 e. The van der Waals surface area contributed by atoms with Crippen molar-refractivity contribution < 1.29 is 9.21 Å². The number of furan rings is 1. The lowest BCUT2D eigenvalue weighted by molar-refractivity contribution is 0.0735. The van der Waals surface area contributed by atoms with Gasteiger partial charge in [0.2, 0.25) is 5.95 Å². The minimum atomic E-state index is -0.0671. The molecule has 0 spiro atoms. The van der Waals surface area contributed by atoms with Crippen LogP contribution in [0.4, 0.5) is 5.95 Å². The van der Waals surface area contributed by atoms with Crippen molar-refractivity contribution in [1.82, 2.24) is 24.6 Å². The lowest BCUT2D eigenvalue weighted by Gasteiger charge is -2.21. The second-order valence-corrected chi connectivity index (χ2v) is 6.65. The molecule has 4 heterocycles. The minimum absolute atomic E-state index is 0.0671. The van der Waals surface area contributed by atoms with Gasteiger partial charge in [0.15, 0.2) is 5.76 Å². The minimum Gasteiger partial charge on any atom is -0.459 e. The fraction of sp³-hybridized carbons (Fsp3) is 0.368. The number of rotatable bonds is 3. The second kappa shape index (κ2) is 7.22. The van der Waals surface area contributed by atoms with E-state index in [-0.39, 0.29) is 5.91 Å². The van der Waals surface area contributed by atoms with Gasteiger partial charge in [-0.15, -0.1) is 0 Å². The Bertz CT molecular complexity index is 934. The monoisotopic (exact) mass is 366 g/mol. The Hall–Kier alpha value is -3.16. The van der Waals surface area contributed by atoms with Crippen LogP contribution >= 0.6 is 0 Å². The Balaban J connectivity index is 1.50. The van der Waals surface area contributed by atoms with E-state index in [2.05, 4.69) is 15.0 Å². The number of nitrogens with zero attached hydrogens (tertiary/aromatic N) is 6. The van der Waals surface area contributed by atoms with Gasteiger partial charge in [0, 0.05) is 51.2 Å². The molecule has 1 saturated heterocycles. The summed E-state index contributed by atoms with van der Waals surface area (Å²) >= 11 is 0. The zero-order valence-corrected chi connectivity index (χ0v) is 15.5. The lowest BCUT2D eigenvalue weighted by atomic mass is 10.2. The number of aryl methyl sites for hydroxylation is 2. The Morgan fingerprint density at radius 1 is 1.19 bits per heavy atom. The van der Waals surface area contributed by atoms with Gasteiger partial charge in [0.05, 0.1) is 17.7 Å². The predicted molar refractivity (Wildman–Crippen MR) is 100 cm³/mol. The van der Waals surface area contributed by atoms with Gasteiger partial charge in [-0.3, -0.25) is 9.48 Å². The largest absolute Gasteiger partial charge is 0.459 e. The predicted octanol–water partition coefficient (Wildman–Crippen LogP) is 2.13. The molecule has 0 radical (unpaired) electrons. The lowest BCUT2D eigenvalue weighted by Crippen LogP contribution is -2.35. The van der Waals surface area contributed by atoms with E-state index in [1.165, 1.54) is 6.26 Å². The maximum atomic E-state index is 12.5. The third kappa shape index (κ3) is 3.55. The Kier molecular flexibility index (Phi) is 4.62. The van der Waals surface area contributed by atoms with Crippen molar-refractivity contribution in [3.8, 4) is 11.3 Å². The van der Waals surface area contributed by atoms with Crippen LogP contribution in [0.15, 0.2) is 41.3 Å². The first-order valence-corrected chi connectivity index (χ1v) is 9.03. The second-order valence-electron chi connectivity index (χ2n) is 6.65. The molecule has 8 nitrogen and oxygen atoms in total. The van der Waals surface area contributed by atoms with Crippen molar-refractivity contribution in [3.63, 3.8) is 0 Å².